The highest BCUT2D eigenvalue weighted by Gasteiger charge is 2.30. The zero-order chi connectivity index (χ0) is 10.1. The standard InChI is InChI=1S/C8H6F3NO/c1-2-5-3-6(8(9,10)11)4-12-7(5)13/h2-4H,1H2,(H,12,13). The van der Waals surface area contributed by atoms with Crippen molar-refractivity contribution in [1.29, 1.82) is 0 Å². The van der Waals surface area contributed by atoms with Crippen molar-refractivity contribution in [3.05, 3.63) is 40.3 Å². The number of aromatic amines is 1. The molecule has 1 aromatic rings. The Labute approximate surface area is 71.7 Å². The van der Waals surface area contributed by atoms with Crippen molar-refractivity contribution >= 4 is 6.08 Å². The van der Waals surface area contributed by atoms with Gasteiger partial charge in [-0.15, -0.1) is 0 Å². The fourth-order valence-corrected chi connectivity index (χ4v) is 0.817. The van der Waals surface area contributed by atoms with Gasteiger partial charge in [0.25, 0.3) is 5.56 Å². The first-order chi connectivity index (χ1) is 5.95. The molecule has 0 fully saturated rings. The number of rotatable bonds is 1. The van der Waals surface area contributed by atoms with Gasteiger partial charge in [0.2, 0.25) is 0 Å². The average Bonchev–Trinajstić information content (AvgIpc) is 2.03. The molecule has 0 spiro atoms. The summed E-state index contributed by atoms with van der Waals surface area (Å²) in [7, 11) is 0. The van der Waals surface area contributed by atoms with Crippen molar-refractivity contribution in [1.82, 2.24) is 4.98 Å². The third kappa shape index (κ3) is 1.99. The van der Waals surface area contributed by atoms with Crippen LogP contribution in [0.3, 0.4) is 0 Å². The Morgan fingerprint density at radius 1 is 1.46 bits per heavy atom. The van der Waals surface area contributed by atoms with E-state index in [9.17, 15) is 18.0 Å². The Bertz CT molecular complexity index is 378. The van der Waals surface area contributed by atoms with Crippen LogP contribution in [-0.2, 0) is 6.18 Å². The molecule has 0 saturated heterocycles. The van der Waals surface area contributed by atoms with E-state index in [4.69, 9.17) is 0 Å². The largest absolute Gasteiger partial charge is 0.417 e. The summed E-state index contributed by atoms with van der Waals surface area (Å²) in [5.74, 6) is 0. The van der Waals surface area contributed by atoms with Gasteiger partial charge in [-0.1, -0.05) is 12.7 Å². The van der Waals surface area contributed by atoms with Crippen LogP contribution in [0.1, 0.15) is 11.1 Å². The van der Waals surface area contributed by atoms with Crippen LogP contribution in [0.25, 0.3) is 6.08 Å². The Kier molecular flexibility index (Phi) is 2.27. The Balaban J connectivity index is 3.30. The minimum Gasteiger partial charge on any atom is -0.328 e. The fraction of sp³-hybridized carbons (Fsp3) is 0.125. The molecule has 13 heavy (non-hydrogen) atoms. The van der Waals surface area contributed by atoms with Crippen molar-refractivity contribution < 1.29 is 13.2 Å². The molecule has 0 aliphatic rings. The molecule has 0 unspecified atom stereocenters. The number of halogens is 3. The molecular formula is C8H6F3NO. The maximum atomic E-state index is 12.1. The predicted molar refractivity (Wildman–Crippen MR) is 42.2 cm³/mol. The lowest BCUT2D eigenvalue weighted by molar-refractivity contribution is -0.137. The van der Waals surface area contributed by atoms with Gasteiger partial charge in [-0.05, 0) is 6.07 Å². The van der Waals surface area contributed by atoms with Gasteiger partial charge < -0.3 is 4.98 Å². The monoisotopic (exact) mass is 189 g/mol. The molecule has 0 radical (unpaired) electrons. The highest BCUT2D eigenvalue weighted by atomic mass is 19.4. The third-order valence-electron chi connectivity index (χ3n) is 1.48. The first-order valence-electron chi connectivity index (χ1n) is 3.37. The summed E-state index contributed by atoms with van der Waals surface area (Å²) in [6.45, 7) is 3.23. The normalized spacial score (nSPS) is 11.3. The summed E-state index contributed by atoms with van der Waals surface area (Å²) >= 11 is 0. The van der Waals surface area contributed by atoms with E-state index in [1.165, 1.54) is 0 Å². The van der Waals surface area contributed by atoms with E-state index in [-0.39, 0.29) is 5.56 Å². The third-order valence-corrected chi connectivity index (χ3v) is 1.48. The van der Waals surface area contributed by atoms with Gasteiger partial charge >= 0.3 is 6.18 Å². The van der Waals surface area contributed by atoms with E-state index >= 15 is 0 Å². The van der Waals surface area contributed by atoms with Gasteiger partial charge in [-0.3, -0.25) is 4.79 Å². The van der Waals surface area contributed by atoms with Crippen LogP contribution in [0.4, 0.5) is 13.2 Å². The summed E-state index contributed by atoms with van der Waals surface area (Å²) in [5, 5.41) is 0. The quantitative estimate of drug-likeness (QED) is 0.720. The Morgan fingerprint density at radius 2 is 2.08 bits per heavy atom. The molecule has 0 aliphatic heterocycles. The zero-order valence-corrected chi connectivity index (χ0v) is 6.48. The minimum absolute atomic E-state index is 0.0881. The van der Waals surface area contributed by atoms with Crippen molar-refractivity contribution in [2.45, 2.75) is 6.18 Å². The molecule has 0 aromatic carbocycles. The average molecular weight is 189 g/mol. The van der Waals surface area contributed by atoms with Crippen LogP contribution >= 0.6 is 0 Å². The zero-order valence-electron chi connectivity index (χ0n) is 6.48. The van der Waals surface area contributed by atoms with Crippen molar-refractivity contribution in [3.8, 4) is 0 Å². The van der Waals surface area contributed by atoms with Crippen LogP contribution in [-0.4, -0.2) is 4.98 Å². The molecular weight excluding hydrogens is 183 g/mol. The number of alkyl halides is 3. The summed E-state index contributed by atoms with van der Waals surface area (Å²) in [6, 6.07) is 0.756. The lowest BCUT2D eigenvalue weighted by atomic mass is 10.2. The van der Waals surface area contributed by atoms with Crippen LogP contribution in [0.15, 0.2) is 23.6 Å². The molecule has 0 bridgehead atoms. The van der Waals surface area contributed by atoms with Crippen LogP contribution in [0.5, 0.6) is 0 Å². The van der Waals surface area contributed by atoms with Crippen molar-refractivity contribution in [3.63, 3.8) is 0 Å². The van der Waals surface area contributed by atoms with Crippen molar-refractivity contribution in [2.75, 3.05) is 0 Å². The minimum atomic E-state index is -4.44. The van der Waals surface area contributed by atoms with E-state index in [2.05, 4.69) is 6.58 Å². The molecule has 5 heteroatoms. The lowest BCUT2D eigenvalue weighted by Crippen LogP contribution is -2.14. The molecule has 2 nitrogen and oxygen atoms in total. The van der Waals surface area contributed by atoms with Crippen LogP contribution in [0.2, 0.25) is 0 Å². The second-order valence-electron chi connectivity index (χ2n) is 2.37. The molecule has 1 heterocycles. The van der Waals surface area contributed by atoms with Gasteiger partial charge in [0.15, 0.2) is 0 Å². The van der Waals surface area contributed by atoms with Gasteiger partial charge in [-0.2, -0.15) is 13.2 Å². The smallest absolute Gasteiger partial charge is 0.328 e. The number of nitrogens with one attached hydrogen (secondary N) is 1. The first-order valence-corrected chi connectivity index (χ1v) is 3.37. The van der Waals surface area contributed by atoms with E-state index in [1.807, 2.05) is 4.98 Å². The molecule has 70 valence electrons. The molecule has 0 saturated carbocycles. The summed E-state index contributed by atoms with van der Waals surface area (Å²) in [6.07, 6.45) is -2.73. The van der Waals surface area contributed by atoms with E-state index in [0.29, 0.717) is 6.20 Å². The van der Waals surface area contributed by atoms with E-state index in [1.54, 1.807) is 0 Å². The highest BCUT2D eigenvalue weighted by molar-refractivity contribution is 5.46. The SMILES string of the molecule is C=Cc1cc(C(F)(F)F)c[nH]c1=O. The topological polar surface area (TPSA) is 32.9 Å². The number of H-pyrrole nitrogens is 1. The summed E-state index contributed by atoms with van der Waals surface area (Å²) in [4.78, 5) is 12.8. The van der Waals surface area contributed by atoms with E-state index < -0.39 is 17.3 Å². The van der Waals surface area contributed by atoms with Crippen LogP contribution in [0, 0.1) is 0 Å². The Hall–Kier alpha value is -1.52. The van der Waals surface area contributed by atoms with E-state index in [0.717, 1.165) is 12.1 Å². The molecule has 0 aliphatic carbocycles. The summed E-state index contributed by atoms with van der Waals surface area (Å²) in [5.41, 5.74) is -1.56. The number of aromatic nitrogens is 1. The lowest BCUT2D eigenvalue weighted by Gasteiger charge is -2.05. The second-order valence-corrected chi connectivity index (χ2v) is 2.37. The molecule has 1 aromatic heterocycles. The molecule has 1 N–H and O–H groups in total. The first kappa shape index (κ1) is 9.57. The van der Waals surface area contributed by atoms with Gasteiger partial charge in [0.1, 0.15) is 0 Å². The number of hydrogen-bond acceptors (Lipinski definition) is 1. The predicted octanol–water partition coefficient (Wildman–Crippen LogP) is 2.04. The molecule has 0 amide bonds. The van der Waals surface area contributed by atoms with Crippen LogP contribution < -0.4 is 5.56 Å². The maximum Gasteiger partial charge on any atom is 0.417 e. The maximum absolute atomic E-state index is 12.1. The second kappa shape index (κ2) is 3.08. The molecule has 1 rings (SSSR count). The number of hydrogen-bond donors (Lipinski definition) is 1. The molecule has 0 atom stereocenters. The Morgan fingerprint density at radius 3 is 2.54 bits per heavy atom. The van der Waals surface area contributed by atoms with Gasteiger partial charge in [0, 0.05) is 11.8 Å². The summed E-state index contributed by atoms with van der Waals surface area (Å²) < 4.78 is 36.2. The highest BCUT2D eigenvalue weighted by Crippen LogP contribution is 2.28. The van der Waals surface area contributed by atoms with Crippen molar-refractivity contribution in [2.24, 2.45) is 0 Å². The van der Waals surface area contributed by atoms with Gasteiger partial charge in [0.05, 0.1) is 5.56 Å². The van der Waals surface area contributed by atoms with Gasteiger partial charge in [-0.25, -0.2) is 0 Å². The fourth-order valence-electron chi connectivity index (χ4n) is 0.817. The number of pyridine rings is 1.